The van der Waals surface area contributed by atoms with E-state index in [1.807, 2.05) is 6.92 Å². The van der Waals surface area contributed by atoms with Gasteiger partial charge in [-0.2, -0.15) is 0 Å². The highest BCUT2D eigenvalue weighted by Gasteiger charge is 2.34. The lowest BCUT2D eigenvalue weighted by atomic mass is 9.82. The van der Waals surface area contributed by atoms with Crippen LogP contribution < -0.4 is 10.6 Å². The number of rotatable bonds is 8. The fourth-order valence-corrected chi connectivity index (χ4v) is 2.73. The van der Waals surface area contributed by atoms with Crippen LogP contribution >= 0.6 is 0 Å². The van der Waals surface area contributed by atoms with Crippen LogP contribution in [0, 0.1) is 11.3 Å². The van der Waals surface area contributed by atoms with Crippen molar-refractivity contribution in [3.63, 3.8) is 0 Å². The van der Waals surface area contributed by atoms with Crippen LogP contribution in [0.1, 0.15) is 52.4 Å². The average molecular weight is 284 g/mol. The third kappa shape index (κ3) is 5.49. The van der Waals surface area contributed by atoms with Gasteiger partial charge in [0.25, 0.3) is 0 Å². The van der Waals surface area contributed by atoms with Crippen LogP contribution in [0.2, 0.25) is 0 Å². The monoisotopic (exact) mass is 284 g/mol. The maximum absolute atomic E-state index is 12.2. The predicted molar refractivity (Wildman–Crippen MR) is 78.5 cm³/mol. The maximum atomic E-state index is 12.2. The van der Waals surface area contributed by atoms with Crippen molar-refractivity contribution in [2.45, 2.75) is 52.4 Å². The first kappa shape index (κ1) is 17.0. The summed E-state index contributed by atoms with van der Waals surface area (Å²) < 4.78 is 0. The van der Waals surface area contributed by atoms with Crippen molar-refractivity contribution in [2.24, 2.45) is 11.3 Å². The van der Waals surface area contributed by atoms with Gasteiger partial charge in [-0.3, -0.25) is 9.59 Å². The largest absolute Gasteiger partial charge is 0.481 e. The minimum absolute atomic E-state index is 0.123. The van der Waals surface area contributed by atoms with Gasteiger partial charge in [0.2, 0.25) is 5.91 Å². The van der Waals surface area contributed by atoms with Gasteiger partial charge in [0.15, 0.2) is 0 Å². The third-order valence-corrected chi connectivity index (χ3v) is 4.33. The van der Waals surface area contributed by atoms with E-state index in [9.17, 15) is 9.59 Å². The van der Waals surface area contributed by atoms with Gasteiger partial charge in [0.1, 0.15) is 0 Å². The van der Waals surface area contributed by atoms with Gasteiger partial charge in [0, 0.05) is 19.5 Å². The summed E-state index contributed by atoms with van der Waals surface area (Å²) in [7, 11) is 0. The highest BCUT2D eigenvalue weighted by molar-refractivity contribution is 5.82. The average Bonchev–Trinajstić information content (AvgIpc) is 2.43. The molecule has 116 valence electrons. The van der Waals surface area contributed by atoms with Gasteiger partial charge in [0.05, 0.1) is 5.41 Å². The first-order valence-corrected chi connectivity index (χ1v) is 7.69. The van der Waals surface area contributed by atoms with Crippen LogP contribution in [0.25, 0.3) is 0 Å². The number of carboxylic acids is 1. The zero-order valence-electron chi connectivity index (χ0n) is 12.7. The minimum atomic E-state index is -0.742. The Hall–Kier alpha value is -1.10. The van der Waals surface area contributed by atoms with E-state index in [0.717, 1.165) is 38.8 Å². The molecule has 2 unspecified atom stereocenters. The second-order valence-electron chi connectivity index (χ2n) is 6.09. The first-order chi connectivity index (χ1) is 9.48. The quantitative estimate of drug-likeness (QED) is 0.635. The van der Waals surface area contributed by atoms with Crippen molar-refractivity contribution in [1.82, 2.24) is 10.6 Å². The summed E-state index contributed by atoms with van der Waals surface area (Å²) in [4.78, 5) is 22.8. The zero-order valence-corrected chi connectivity index (χ0v) is 12.7. The normalized spacial score (nSPS) is 24.1. The predicted octanol–water partition coefficient (Wildman–Crippen LogP) is 1.77. The summed E-state index contributed by atoms with van der Waals surface area (Å²) in [5.74, 6) is -0.241. The number of hydrogen-bond acceptors (Lipinski definition) is 3. The summed E-state index contributed by atoms with van der Waals surface area (Å²) in [6, 6.07) is 0. The van der Waals surface area contributed by atoms with E-state index in [4.69, 9.17) is 5.11 Å². The Labute approximate surface area is 121 Å². The lowest BCUT2D eigenvalue weighted by Crippen LogP contribution is -2.48. The number of carbonyl (C=O) groups is 2. The number of hydrogen-bond donors (Lipinski definition) is 3. The molecule has 1 saturated heterocycles. The summed E-state index contributed by atoms with van der Waals surface area (Å²) >= 11 is 0. The van der Waals surface area contributed by atoms with E-state index in [2.05, 4.69) is 17.6 Å². The molecular formula is C15H28N2O3. The molecule has 0 aromatic heterocycles. The van der Waals surface area contributed by atoms with Crippen LogP contribution in [0.3, 0.4) is 0 Å². The highest BCUT2D eigenvalue weighted by atomic mass is 16.4. The Kier molecular flexibility index (Phi) is 6.99. The molecule has 2 atom stereocenters. The molecule has 0 aliphatic carbocycles. The van der Waals surface area contributed by atoms with Gasteiger partial charge in [-0.15, -0.1) is 0 Å². The summed E-state index contributed by atoms with van der Waals surface area (Å²) in [6.07, 6.45) is 4.71. The van der Waals surface area contributed by atoms with Crippen molar-refractivity contribution in [3.05, 3.63) is 0 Å². The number of carboxylic acid groups (broad SMARTS) is 1. The van der Waals surface area contributed by atoms with E-state index in [0.29, 0.717) is 18.9 Å². The van der Waals surface area contributed by atoms with E-state index in [-0.39, 0.29) is 17.7 Å². The van der Waals surface area contributed by atoms with Crippen molar-refractivity contribution in [3.8, 4) is 0 Å². The number of piperidine rings is 1. The molecule has 1 amide bonds. The Balaban J connectivity index is 2.27. The van der Waals surface area contributed by atoms with Gasteiger partial charge in [-0.1, -0.05) is 13.3 Å². The van der Waals surface area contributed by atoms with Crippen molar-refractivity contribution >= 4 is 11.9 Å². The molecule has 1 aliphatic heterocycles. The van der Waals surface area contributed by atoms with E-state index < -0.39 is 5.97 Å². The number of amides is 1. The van der Waals surface area contributed by atoms with Crippen LogP contribution in [0.15, 0.2) is 0 Å². The van der Waals surface area contributed by atoms with Gasteiger partial charge in [-0.05, 0) is 45.1 Å². The van der Waals surface area contributed by atoms with Crippen LogP contribution in [-0.2, 0) is 9.59 Å². The molecular weight excluding hydrogens is 256 g/mol. The number of aliphatic carboxylic acids is 1. The topological polar surface area (TPSA) is 78.4 Å². The van der Waals surface area contributed by atoms with Gasteiger partial charge in [-0.25, -0.2) is 0 Å². The molecule has 0 spiro atoms. The molecule has 5 heteroatoms. The van der Waals surface area contributed by atoms with Crippen molar-refractivity contribution in [2.75, 3.05) is 19.6 Å². The molecule has 20 heavy (non-hydrogen) atoms. The van der Waals surface area contributed by atoms with Crippen LogP contribution in [0.4, 0.5) is 0 Å². The standard InChI is InChI=1S/C15H28N2O3/c1-3-12(5-6-13(18)19)7-10-17-14(20)15(2)8-4-9-16-11-15/h12,16H,3-11H2,1-2H3,(H,17,20)(H,18,19). The lowest BCUT2D eigenvalue weighted by molar-refractivity contribution is -0.137. The van der Waals surface area contributed by atoms with Crippen molar-refractivity contribution < 1.29 is 14.7 Å². The molecule has 3 N–H and O–H groups in total. The van der Waals surface area contributed by atoms with Crippen molar-refractivity contribution in [1.29, 1.82) is 0 Å². The molecule has 0 saturated carbocycles. The smallest absolute Gasteiger partial charge is 0.303 e. The minimum Gasteiger partial charge on any atom is -0.481 e. The molecule has 1 aliphatic rings. The molecule has 5 nitrogen and oxygen atoms in total. The van der Waals surface area contributed by atoms with Crippen LogP contribution in [-0.4, -0.2) is 36.6 Å². The Morgan fingerprint density at radius 3 is 2.70 bits per heavy atom. The molecule has 0 aromatic carbocycles. The van der Waals surface area contributed by atoms with Gasteiger partial charge < -0.3 is 15.7 Å². The highest BCUT2D eigenvalue weighted by Crippen LogP contribution is 2.25. The first-order valence-electron chi connectivity index (χ1n) is 7.69. The Morgan fingerprint density at radius 1 is 1.40 bits per heavy atom. The molecule has 1 heterocycles. The summed E-state index contributed by atoms with van der Waals surface area (Å²) in [5.41, 5.74) is -0.291. The molecule has 1 fully saturated rings. The second-order valence-corrected chi connectivity index (χ2v) is 6.09. The van der Waals surface area contributed by atoms with Gasteiger partial charge >= 0.3 is 5.97 Å². The second kappa shape index (κ2) is 8.25. The fourth-order valence-electron chi connectivity index (χ4n) is 2.73. The lowest BCUT2D eigenvalue weighted by Gasteiger charge is -2.32. The van der Waals surface area contributed by atoms with E-state index in [1.165, 1.54) is 0 Å². The molecule has 1 rings (SSSR count). The Morgan fingerprint density at radius 2 is 2.15 bits per heavy atom. The number of carbonyl (C=O) groups excluding carboxylic acids is 1. The van der Waals surface area contributed by atoms with E-state index in [1.54, 1.807) is 0 Å². The Bertz CT molecular complexity index is 325. The molecule has 0 aromatic rings. The van der Waals surface area contributed by atoms with Crippen LogP contribution in [0.5, 0.6) is 0 Å². The number of nitrogens with one attached hydrogen (secondary N) is 2. The SMILES string of the molecule is CCC(CCNC(=O)C1(C)CCCNC1)CCC(=O)O. The summed E-state index contributed by atoms with van der Waals surface area (Å²) in [6.45, 7) is 6.47. The summed E-state index contributed by atoms with van der Waals surface area (Å²) in [5, 5.41) is 15.0. The third-order valence-electron chi connectivity index (χ3n) is 4.33. The zero-order chi connectivity index (χ0) is 15.0. The fraction of sp³-hybridized carbons (Fsp3) is 0.867. The maximum Gasteiger partial charge on any atom is 0.303 e. The van der Waals surface area contributed by atoms with E-state index >= 15 is 0 Å². The molecule has 0 radical (unpaired) electrons. The molecule has 0 bridgehead atoms.